The summed E-state index contributed by atoms with van der Waals surface area (Å²) < 4.78 is 36.4. The molecule has 0 fully saturated rings. The second kappa shape index (κ2) is 5.10. The van der Waals surface area contributed by atoms with Gasteiger partial charge in [0.25, 0.3) is 0 Å². The van der Waals surface area contributed by atoms with Gasteiger partial charge in [-0.15, -0.1) is 10.2 Å². The number of halogens is 3. The molecule has 1 aromatic heterocycles. The molecule has 1 heterocycles. The molecule has 0 aliphatic heterocycles. The lowest BCUT2D eigenvalue weighted by Gasteiger charge is -2.02. The largest absolute Gasteiger partial charge is 0.445 e. The van der Waals surface area contributed by atoms with Gasteiger partial charge in [0.05, 0.1) is 0 Å². The van der Waals surface area contributed by atoms with E-state index in [2.05, 4.69) is 20.8 Å². The van der Waals surface area contributed by atoms with E-state index < -0.39 is 17.2 Å². The average Bonchev–Trinajstić information content (AvgIpc) is 2.62. The van der Waals surface area contributed by atoms with Crippen LogP contribution in [0.3, 0.4) is 0 Å². The molecule has 2 N–H and O–H groups in total. The Hall–Kier alpha value is -1.38. The van der Waals surface area contributed by atoms with Crippen molar-refractivity contribution in [2.24, 2.45) is 0 Å². The van der Waals surface area contributed by atoms with E-state index >= 15 is 0 Å². The van der Waals surface area contributed by atoms with Crippen LogP contribution in [-0.2, 0) is 6.18 Å². The number of aromatic nitrogens is 2. The first-order chi connectivity index (χ1) is 7.43. The molecule has 16 heavy (non-hydrogen) atoms. The molecule has 0 aliphatic rings. The van der Waals surface area contributed by atoms with Gasteiger partial charge in [0.2, 0.25) is 10.1 Å². The quantitative estimate of drug-likeness (QED) is 0.867. The van der Waals surface area contributed by atoms with E-state index in [4.69, 9.17) is 0 Å². The zero-order valence-corrected chi connectivity index (χ0v) is 9.08. The monoisotopic (exact) mass is 254 g/mol. The molecule has 0 saturated carbocycles. The summed E-state index contributed by atoms with van der Waals surface area (Å²) in [6.07, 6.45) is -3.80. The first kappa shape index (κ1) is 12.7. The summed E-state index contributed by atoms with van der Waals surface area (Å²) in [5, 5.41) is 9.46. The van der Waals surface area contributed by atoms with Crippen LogP contribution in [0.15, 0.2) is 0 Å². The molecule has 0 radical (unpaired) electrons. The maximum atomic E-state index is 12.1. The zero-order valence-electron chi connectivity index (χ0n) is 8.26. The Bertz CT molecular complexity index is 365. The normalized spacial score (nSPS) is 11.2. The third kappa shape index (κ3) is 3.65. The summed E-state index contributed by atoms with van der Waals surface area (Å²) in [5.41, 5.74) is 0. The molecule has 5 nitrogen and oxygen atoms in total. The van der Waals surface area contributed by atoms with E-state index in [1.807, 2.05) is 6.92 Å². The van der Waals surface area contributed by atoms with Crippen LogP contribution in [0.5, 0.6) is 0 Å². The fraction of sp³-hybridized carbons (Fsp3) is 0.571. The van der Waals surface area contributed by atoms with Crippen molar-refractivity contribution in [1.29, 1.82) is 0 Å². The molecule has 1 aromatic rings. The fourth-order valence-corrected chi connectivity index (χ4v) is 1.37. The first-order valence-electron chi connectivity index (χ1n) is 4.39. The fourth-order valence-electron chi connectivity index (χ4n) is 0.768. The molecule has 2 amide bonds. The maximum absolute atomic E-state index is 12.1. The molecular weight excluding hydrogens is 245 g/mol. The Morgan fingerprint density at radius 2 is 2.12 bits per heavy atom. The Balaban J connectivity index is 2.56. The van der Waals surface area contributed by atoms with Gasteiger partial charge in [-0.25, -0.2) is 4.79 Å². The van der Waals surface area contributed by atoms with Crippen LogP contribution in [0.2, 0.25) is 0 Å². The van der Waals surface area contributed by atoms with Gasteiger partial charge in [-0.2, -0.15) is 13.2 Å². The van der Waals surface area contributed by atoms with Gasteiger partial charge in [-0.1, -0.05) is 18.3 Å². The Morgan fingerprint density at radius 1 is 1.44 bits per heavy atom. The molecule has 90 valence electrons. The smallest absolute Gasteiger partial charge is 0.338 e. The molecule has 0 aliphatic carbocycles. The highest BCUT2D eigenvalue weighted by Gasteiger charge is 2.35. The van der Waals surface area contributed by atoms with Crippen molar-refractivity contribution in [2.75, 3.05) is 11.9 Å². The lowest BCUT2D eigenvalue weighted by molar-refractivity contribution is -0.138. The third-order valence-electron chi connectivity index (χ3n) is 1.42. The number of carbonyl (C=O) groups is 1. The first-order valence-corrected chi connectivity index (χ1v) is 5.20. The van der Waals surface area contributed by atoms with Crippen molar-refractivity contribution in [1.82, 2.24) is 15.5 Å². The van der Waals surface area contributed by atoms with Crippen molar-refractivity contribution in [2.45, 2.75) is 19.5 Å². The lowest BCUT2D eigenvalue weighted by atomic mass is 10.5. The number of urea groups is 1. The van der Waals surface area contributed by atoms with Crippen LogP contribution in [0.25, 0.3) is 0 Å². The van der Waals surface area contributed by atoms with Crippen LogP contribution in [0.1, 0.15) is 18.4 Å². The summed E-state index contributed by atoms with van der Waals surface area (Å²) in [4.78, 5) is 11.1. The van der Waals surface area contributed by atoms with Gasteiger partial charge in [0.1, 0.15) is 0 Å². The Labute approximate surface area is 93.1 Å². The van der Waals surface area contributed by atoms with Gasteiger partial charge < -0.3 is 5.32 Å². The SMILES string of the molecule is CCCNC(=O)Nc1nnc(C(F)(F)F)s1. The second-order valence-electron chi connectivity index (χ2n) is 2.79. The van der Waals surface area contributed by atoms with Crippen molar-refractivity contribution < 1.29 is 18.0 Å². The Kier molecular flexibility index (Phi) is 4.05. The number of amides is 2. The highest BCUT2D eigenvalue weighted by atomic mass is 32.1. The summed E-state index contributed by atoms with van der Waals surface area (Å²) in [5.74, 6) is 0. The highest BCUT2D eigenvalue weighted by Crippen LogP contribution is 2.32. The molecular formula is C7H9F3N4OS. The number of alkyl halides is 3. The minimum absolute atomic E-state index is 0.180. The zero-order chi connectivity index (χ0) is 12.2. The molecule has 0 saturated heterocycles. The van der Waals surface area contributed by atoms with E-state index in [0.29, 0.717) is 6.54 Å². The minimum Gasteiger partial charge on any atom is -0.338 e. The van der Waals surface area contributed by atoms with Crippen molar-refractivity contribution >= 4 is 22.5 Å². The predicted molar refractivity (Wildman–Crippen MR) is 52.2 cm³/mol. The van der Waals surface area contributed by atoms with Crippen LogP contribution < -0.4 is 10.6 Å². The summed E-state index contributed by atoms with van der Waals surface area (Å²) in [7, 11) is 0. The summed E-state index contributed by atoms with van der Waals surface area (Å²) >= 11 is 0.282. The molecule has 0 unspecified atom stereocenters. The second-order valence-corrected chi connectivity index (χ2v) is 3.77. The number of hydrogen-bond donors (Lipinski definition) is 2. The van der Waals surface area contributed by atoms with E-state index in [1.54, 1.807) is 0 Å². The molecule has 0 aromatic carbocycles. The number of hydrogen-bond acceptors (Lipinski definition) is 4. The molecule has 9 heteroatoms. The van der Waals surface area contributed by atoms with Gasteiger partial charge in [-0.3, -0.25) is 5.32 Å². The molecule has 1 rings (SSSR count). The summed E-state index contributed by atoms with van der Waals surface area (Å²) in [6, 6.07) is -0.591. The number of carbonyl (C=O) groups excluding carboxylic acids is 1. The van der Waals surface area contributed by atoms with E-state index in [0.717, 1.165) is 6.42 Å². The number of rotatable bonds is 3. The molecule has 0 spiro atoms. The van der Waals surface area contributed by atoms with Crippen molar-refractivity contribution in [3.05, 3.63) is 5.01 Å². The van der Waals surface area contributed by atoms with Crippen LogP contribution in [0, 0.1) is 0 Å². The van der Waals surface area contributed by atoms with Crippen LogP contribution in [0.4, 0.5) is 23.1 Å². The standard InChI is InChI=1S/C7H9F3N4OS/c1-2-3-11-5(15)12-6-14-13-4(16-6)7(8,9)10/h2-3H2,1H3,(H2,11,12,14,15). The lowest BCUT2D eigenvalue weighted by Crippen LogP contribution is -2.29. The highest BCUT2D eigenvalue weighted by molar-refractivity contribution is 7.15. The summed E-state index contributed by atoms with van der Waals surface area (Å²) in [6.45, 7) is 2.30. The maximum Gasteiger partial charge on any atom is 0.445 e. The molecule has 0 bridgehead atoms. The van der Waals surface area contributed by atoms with E-state index in [9.17, 15) is 18.0 Å². The Morgan fingerprint density at radius 3 is 2.62 bits per heavy atom. The van der Waals surface area contributed by atoms with Crippen molar-refractivity contribution in [3.63, 3.8) is 0 Å². The van der Waals surface area contributed by atoms with Gasteiger partial charge in [0, 0.05) is 6.54 Å². The number of anilines is 1. The van der Waals surface area contributed by atoms with Crippen LogP contribution in [-0.4, -0.2) is 22.8 Å². The van der Waals surface area contributed by atoms with Gasteiger partial charge in [-0.05, 0) is 6.42 Å². The predicted octanol–water partition coefficient (Wildman–Crippen LogP) is 2.09. The average molecular weight is 254 g/mol. The van der Waals surface area contributed by atoms with E-state index in [1.165, 1.54) is 0 Å². The minimum atomic E-state index is -4.53. The van der Waals surface area contributed by atoms with Gasteiger partial charge >= 0.3 is 12.2 Å². The molecule has 0 atom stereocenters. The van der Waals surface area contributed by atoms with Crippen molar-refractivity contribution in [3.8, 4) is 0 Å². The van der Waals surface area contributed by atoms with Crippen LogP contribution >= 0.6 is 11.3 Å². The van der Waals surface area contributed by atoms with Gasteiger partial charge in [0.15, 0.2) is 0 Å². The third-order valence-corrected chi connectivity index (χ3v) is 2.31. The van der Waals surface area contributed by atoms with E-state index in [-0.39, 0.29) is 16.5 Å². The number of nitrogens with one attached hydrogen (secondary N) is 2. The topological polar surface area (TPSA) is 66.9 Å². The number of nitrogens with zero attached hydrogens (tertiary/aromatic N) is 2.